The highest BCUT2D eigenvalue weighted by atomic mass is 32.2. The highest BCUT2D eigenvalue weighted by Crippen LogP contribution is 2.19. The van der Waals surface area contributed by atoms with E-state index in [4.69, 9.17) is 11.5 Å². The van der Waals surface area contributed by atoms with Gasteiger partial charge in [-0.05, 0) is 36.8 Å². The average molecular weight is 498 g/mol. The third-order valence-electron chi connectivity index (χ3n) is 4.63. The Balaban J connectivity index is 2.06. The average Bonchev–Trinajstić information content (AvgIpc) is 2.82. The van der Waals surface area contributed by atoms with Crippen molar-refractivity contribution in [2.24, 2.45) is 11.5 Å². The van der Waals surface area contributed by atoms with Gasteiger partial charge in [0.1, 0.15) is 5.69 Å². The molecule has 8 nitrogen and oxygen atoms in total. The molecule has 1 amide bonds. The van der Waals surface area contributed by atoms with Gasteiger partial charge in [0.05, 0.1) is 23.9 Å². The Hall–Kier alpha value is -3.09. The zero-order chi connectivity index (χ0) is 25.3. The van der Waals surface area contributed by atoms with E-state index < -0.39 is 47.9 Å². The van der Waals surface area contributed by atoms with Crippen LogP contribution >= 0.6 is 11.8 Å². The Bertz CT molecular complexity index is 1050. The van der Waals surface area contributed by atoms with E-state index in [0.717, 1.165) is 16.3 Å². The summed E-state index contributed by atoms with van der Waals surface area (Å²) in [7, 11) is 0. The third kappa shape index (κ3) is 7.47. The van der Waals surface area contributed by atoms with E-state index >= 15 is 0 Å². The van der Waals surface area contributed by atoms with Gasteiger partial charge < -0.3 is 16.8 Å². The molecule has 12 heteroatoms. The highest BCUT2D eigenvalue weighted by molar-refractivity contribution is 7.99. The number of benzene rings is 1. The first-order chi connectivity index (χ1) is 16.1. The minimum Gasteiger partial charge on any atom is -0.324 e. The molecule has 1 heterocycles. The Morgan fingerprint density at radius 1 is 1.06 bits per heavy atom. The van der Waals surface area contributed by atoms with Crippen molar-refractivity contribution in [1.82, 2.24) is 0 Å². The van der Waals surface area contributed by atoms with Crippen molar-refractivity contribution in [3.05, 3.63) is 59.9 Å². The van der Waals surface area contributed by atoms with E-state index in [9.17, 15) is 32.3 Å². The van der Waals surface area contributed by atoms with Crippen LogP contribution in [0.25, 0.3) is 0 Å². The third-order valence-corrected chi connectivity index (χ3v) is 5.67. The molecule has 5 N–H and O–H groups in total. The molecule has 0 saturated carbocycles. The fraction of sp³-hybridized carbons (Fsp3) is 0.318. The van der Waals surface area contributed by atoms with Crippen LogP contribution in [0.3, 0.4) is 0 Å². The van der Waals surface area contributed by atoms with Crippen LogP contribution in [0.15, 0.2) is 48.7 Å². The maximum Gasteiger partial charge on any atom is 0.450 e. The number of nitrogens with zero attached hydrogens (tertiary/aromatic N) is 1. The lowest BCUT2D eigenvalue weighted by molar-refractivity contribution is -0.572. The van der Waals surface area contributed by atoms with Crippen molar-refractivity contribution in [2.75, 3.05) is 23.4 Å². The molecule has 0 bridgehead atoms. The number of halogens is 3. The molecule has 34 heavy (non-hydrogen) atoms. The van der Waals surface area contributed by atoms with Crippen molar-refractivity contribution in [3.63, 3.8) is 0 Å². The van der Waals surface area contributed by atoms with Gasteiger partial charge in [-0.25, -0.2) is 4.79 Å². The van der Waals surface area contributed by atoms with Crippen LogP contribution in [-0.2, 0) is 9.59 Å². The van der Waals surface area contributed by atoms with E-state index in [1.807, 2.05) is 0 Å². The number of Topliss-reactive ketones (excluding diaryl/α,β-unsaturated/α-hetero) is 2. The molecule has 182 valence electrons. The number of carbonyl (C=O) groups excluding carboxylic acids is 4. The Morgan fingerprint density at radius 3 is 2.35 bits per heavy atom. The number of amides is 1. The molecule has 0 radical (unpaired) electrons. The van der Waals surface area contributed by atoms with Crippen molar-refractivity contribution in [1.29, 1.82) is 0 Å². The van der Waals surface area contributed by atoms with Crippen LogP contribution in [0.2, 0.25) is 0 Å². The number of nitrogens with one attached hydrogen (secondary N) is 1. The summed E-state index contributed by atoms with van der Waals surface area (Å²) in [4.78, 5) is 48.8. The first kappa shape index (κ1) is 27.2. The summed E-state index contributed by atoms with van der Waals surface area (Å²) in [6, 6.07) is 10.1. The van der Waals surface area contributed by atoms with Gasteiger partial charge in [-0.3, -0.25) is 14.4 Å². The Labute approximate surface area is 197 Å². The number of alkyl halides is 3. The van der Waals surface area contributed by atoms with Gasteiger partial charge in [0.2, 0.25) is 17.5 Å². The summed E-state index contributed by atoms with van der Waals surface area (Å²) >= 11 is 0.802. The molecule has 0 aliphatic rings. The second-order valence-electron chi connectivity index (χ2n) is 7.15. The summed E-state index contributed by atoms with van der Waals surface area (Å²) in [6.07, 6.45) is -3.06. The number of hydrogen-bond donors (Lipinski definition) is 3. The van der Waals surface area contributed by atoms with Crippen LogP contribution in [0.1, 0.15) is 33.7 Å². The number of thioether (sulfide) groups is 1. The number of rotatable bonds is 11. The summed E-state index contributed by atoms with van der Waals surface area (Å²) in [5.74, 6) is -4.04. The smallest absolute Gasteiger partial charge is 0.324 e. The monoisotopic (exact) mass is 497 g/mol. The Kier molecular flexibility index (Phi) is 9.90. The van der Waals surface area contributed by atoms with Gasteiger partial charge >= 0.3 is 12.1 Å². The van der Waals surface area contributed by atoms with Crippen LogP contribution in [0.5, 0.6) is 0 Å². The lowest BCUT2D eigenvalue weighted by atomic mass is 10.1. The van der Waals surface area contributed by atoms with Gasteiger partial charge in [0, 0.05) is 6.07 Å². The SMILES string of the molecule is NCC(=O)c1c(NC(=O)[C@@H](N)CCCSCC(=O)C(F)(F)F)ccc[n+]1C(=O)c1ccccc1. The fourth-order valence-corrected chi connectivity index (χ4v) is 3.75. The summed E-state index contributed by atoms with van der Waals surface area (Å²) in [5.41, 5.74) is 11.6. The van der Waals surface area contributed by atoms with E-state index in [2.05, 4.69) is 5.32 Å². The molecule has 0 aliphatic heterocycles. The van der Waals surface area contributed by atoms with Gasteiger partial charge in [-0.1, -0.05) is 18.2 Å². The summed E-state index contributed by atoms with van der Waals surface area (Å²) in [5, 5.41) is 2.53. The topological polar surface area (TPSA) is 136 Å². The molecule has 0 saturated heterocycles. The molecule has 0 unspecified atom stereocenters. The lowest BCUT2D eigenvalue weighted by Crippen LogP contribution is -2.49. The van der Waals surface area contributed by atoms with Crippen molar-refractivity contribution in [2.45, 2.75) is 25.1 Å². The van der Waals surface area contributed by atoms with Crippen LogP contribution < -0.4 is 21.4 Å². The van der Waals surface area contributed by atoms with Gasteiger partial charge in [0.15, 0.2) is 6.20 Å². The second-order valence-corrected chi connectivity index (χ2v) is 8.26. The number of anilines is 1. The highest BCUT2D eigenvalue weighted by Gasteiger charge is 2.37. The number of carbonyl (C=O) groups is 4. The predicted octanol–water partition coefficient (Wildman–Crippen LogP) is 1.71. The first-order valence-electron chi connectivity index (χ1n) is 10.2. The quantitative estimate of drug-likeness (QED) is 0.244. The van der Waals surface area contributed by atoms with Gasteiger partial charge in [0.25, 0.3) is 5.69 Å². The van der Waals surface area contributed by atoms with Crippen LogP contribution in [0, 0.1) is 0 Å². The first-order valence-corrected chi connectivity index (χ1v) is 11.3. The van der Waals surface area contributed by atoms with E-state index in [0.29, 0.717) is 12.0 Å². The van der Waals surface area contributed by atoms with E-state index in [-0.39, 0.29) is 23.6 Å². The van der Waals surface area contributed by atoms with Gasteiger partial charge in [-0.2, -0.15) is 24.9 Å². The zero-order valence-corrected chi connectivity index (χ0v) is 18.8. The van der Waals surface area contributed by atoms with Crippen molar-refractivity contribution in [3.8, 4) is 0 Å². The molecule has 1 aromatic carbocycles. The van der Waals surface area contributed by atoms with Crippen molar-refractivity contribution < 1.29 is 36.9 Å². The maximum absolute atomic E-state index is 12.9. The zero-order valence-electron chi connectivity index (χ0n) is 18.0. The van der Waals surface area contributed by atoms with Crippen LogP contribution in [0.4, 0.5) is 18.9 Å². The summed E-state index contributed by atoms with van der Waals surface area (Å²) in [6.45, 7) is -0.408. The molecular weight excluding hydrogens is 473 g/mol. The fourth-order valence-electron chi connectivity index (χ4n) is 2.89. The molecule has 0 aliphatic carbocycles. The summed E-state index contributed by atoms with van der Waals surface area (Å²) < 4.78 is 37.7. The number of ketones is 2. The standard InChI is InChI=1S/C22H23F3N4O4S/c23-22(24,25)18(31)13-34-11-5-8-15(27)20(32)28-16-9-4-10-29(19(16)17(30)12-26)21(33)14-6-2-1-3-7-14/h1-4,6-7,9-10,15H,5,8,11-13,26-27H2/p+1/t15-/m0/s1. The molecule has 2 aromatic rings. The number of aromatic nitrogens is 1. The van der Waals surface area contributed by atoms with Gasteiger partial charge in [-0.15, -0.1) is 4.57 Å². The maximum atomic E-state index is 12.9. The molecular formula is C22H24F3N4O4S+. The largest absolute Gasteiger partial charge is 0.450 e. The Morgan fingerprint density at radius 2 is 1.74 bits per heavy atom. The minimum atomic E-state index is -4.86. The number of hydrogen-bond acceptors (Lipinski definition) is 7. The molecule has 0 spiro atoms. The normalized spacial score (nSPS) is 12.1. The molecule has 0 fully saturated rings. The van der Waals surface area contributed by atoms with Crippen molar-refractivity contribution >= 4 is 40.8 Å². The second kappa shape index (κ2) is 12.4. The minimum absolute atomic E-state index is 0.0489. The lowest BCUT2D eigenvalue weighted by Gasteiger charge is -2.13. The predicted molar refractivity (Wildman–Crippen MR) is 120 cm³/mol. The molecule has 2 rings (SSSR count). The molecule has 1 aromatic heterocycles. The number of pyridine rings is 1. The molecule has 1 atom stereocenters. The number of nitrogens with two attached hydrogens (primary N) is 2. The van der Waals surface area contributed by atoms with E-state index in [1.165, 1.54) is 18.3 Å². The van der Waals surface area contributed by atoms with E-state index in [1.54, 1.807) is 30.3 Å². The van der Waals surface area contributed by atoms with Crippen LogP contribution in [-0.4, -0.2) is 53.6 Å².